The van der Waals surface area contributed by atoms with E-state index in [1.54, 1.807) is 0 Å². The van der Waals surface area contributed by atoms with Crippen molar-refractivity contribution in [2.24, 2.45) is 0 Å². The number of hydrogen-bond donors (Lipinski definition) is 0. The van der Waals surface area contributed by atoms with Crippen LogP contribution in [-0.2, 0) is 21.1 Å². The normalized spacial score (nSPS) is 21.5. The quantitative estimate of drug-likeness (QED) is 0.743. The van der Waals surface area contributed by atoms with Crippen molar-refractivity contribution in [3.8, 4) is 0 Å². The Morgan fingerprint density at radius 1 is 1.25 bits per heavy atom. The summed E-state index contributed by atoms with van der Waals surface area (Å²) in [5.41, 5.74) is 0.0559. The van der Waals surface area contributed by atoms with Crippen LogP contribution in [0.5, 0.6) is 0 Å². The van der Waals surface area contributed by atoms with E-state index < -0.39 is 33.7 Å². The van der Waals surface area contributed by atoms with Gasteiger partial charge in [0.05, 0.1) is 30.3 Å². The highest BCUT2D eigenvalue weighted by molar-refractivity contribution is 7.91. The van der Waals surface area contributed by atoms with Crippen molar-refractivity contribution in [3.05, 3.63) is 41.7 Å². The average Bonchev–Trinajstić information content (AvgIpc) is 3.25. The summed E-state index contributed by atoms with van der Waals surface area (Å²) >= 11 is 0. The van der Waals surface area contributed by atoms with Crippen LogP contribution in [0.25, 0.3) is 5.57 Å². The van der Waals surface area contributed by atoms with Gasteiger partial charge in [-0.15, -0.1) is 5.10 Å². The molecule has 1 amide bonds. The molecule has 1 atom stereocenters. The molecule has 148 valence electrons. The fourth-order valence-corrected chi connectivity index (χ4v) is 4.38. The van der Waals surface area contributed by atoms with Gasteiger partial charge < -0.3 is 4.74 Å². The molecular weight excluding hydrogens is 396 g/mol. The third-order valence-corrected chi connectivity index (χ3v) is 6.08. The molecule has 1 aromatic heterocycles. The molecule has 4 rings (SSSR count). The zero-order chi connectivity index (χ0) is 19.9. The summed E-state index contributed by atoms with van der Waals surface area (Å²) in [5.74, 6) is -2.13. The first-order chi connectivity index (χ1) is 13.3. The van der Waals surface area contributed by atoms with Crippen LogP contribution in [0.15, 0.2) is 24.5 Å². The lowest BCUT2D eigenvalue weighted by molar-refractivity contribution is 0.129. The van der Waals surface area contributed by atoms with Gasteiger partial charge in [-0.1, -0.05) is 6.08 Å². The van der Waals surface area contributed by atoms with Gasteiger partial charge in [0, 0.05) is 5.56 Å². The number of carbonyl (C=O) groups excluding carboxylic acids is 1. The van der Waals surface area contributed by atoms with Crippen molar-refractivity contribution in [2.45, 2.75) is 19.1 Å². The predicted octanol–water partition coefficient (Wildman–Crippen LogP) is 1.18. The third-order valence-electron chi connectivity index (χ3n) is 4.58. The summed E-state index contributed by atoms with van der Waals surface area (Å²) in [7, 11) is -3.21. The molecule has 0 N–H and O–H groups in total. The van der Waals surface area contributed by atoms with Crippen LogP contribution >= 0.6 is 0 Å². The van der Waals surface area contributed by atoms with E-state index in [9.17, 15) is 22.0 Å². The number of halogens is 2. The van der Waals surface area contributed by atoms with E-state index in [0.29, 0.717) is 5.57 Å². The zero-order valence-corrected chi connectivity index (χ0v) is 15.3. The Labute approximate surface area is 158 Å². The van der Waals surface area contributed by atoms with Gasteiger partial charge in [0.2, 0.25) is 0 Å². The fourth-order valence-electron chi connectivity index (χ4n) is 3.23. The molecule has 1 saturated heterocycles. The van der Waals surface area contributed by atoms with Gasteiger partial charge in [-0.05, 0) is 34.6 Å². The van der Waals surface area contributed by atoms with Crippen molar-refractivity contribution < 1.29 is 26.7 Å². The molecule has 1 fully saturated rings. The number of allylic oxidation sites excluding steroid dienone is 1. The van der Waals surface area contributed by atoms with Gasteiger partial charge in [0.25, 0.3) is 0 Å². The van der Waals surface area contributed by atoms with E-state index in [-0.39, 0.29) is 42.3 Å². The van der Waals surface area contributed by atoms with Crippen molar-refractivity contribution in [1.82, 2.24) is 20.2 Å². The zero-order valence-electron chi connectivity index (χ0n) is 14.5. The summed E-state index contributed by atoms with van der Waals surface area (Å²) in [5, 5.41) is 10.6. The topological polar surface area (TPSA) is 107 Å². The Hall–Kier alpha value is -2.89. The SMILES string of the molecule is O=C1O[C@@H](Cn2cnnn2)CN1c1cc(F)c(C2=CCS(=O)(=O)CC2)c(F)c1. The summed E-state index contributed by atoms with van der Waals surface area (Å²) in [6, 6.07) is 2.09. The second-order valence-corrected chi connectivity index (χ2v) is 8.76. The van der Waals surface area contributed by atoms with Crippen LogP contribution in [0.4, 0.5) is 19.3 Å². The first-order valence-corrected chi connectivity index (χ1v) is 10.2. The Morgan fingerprint density at radius 3 is 2.61 bits per heavy atom. The lowest BCUT2D eigenvalue weighted by Crippen LogP contribution is -2.26. The molecule has 0 unspecified atom stereocenters. The Morgan fingerprint density at radius 2 is 2.00 bits per heavy atom. The van der Waals surface area contributed by atoms with Crippen LogP contribution in [0, 0.1) is 11.6 Å². The maximum atomic E-state index is 14.6. The highest BCUT2D eigenvalue weighted by atomic mass is 32.2. The second-order valence-electron chi connectivity index (χ2n) is 6.53. The number of carbonyl (C=O) groups is 1. The fraction of sp³-hybridized carbons (Fsp3) is 0.375. The first-order valence-electron chi connectivity index (χ1n) is 8.40. The number of cyclic esters (lactones) is 1. The van der Waals surface area contributed by atoms with Gasteiger partial charge in [0.1, 0.15) is 24.1 Å². The molecule has 9 nitrogen and oxygen atoms in total. The molecule has 3 heterocycles. The van der Waals surface area contributed by atoms with Crippen LogP contribution in [-0.4, -0.2) is 58.9 Å². The molecule has 0 bridgehead atoms. The Bertz CT molecular complexity index is 1030. The number of anilines is 1. The summed E-state index contributed by atoms with van der Waals surface area (Å²) in [6.07, 6.45) is 1.42. The summed E-state index contributed by atoms with van der Waals surface area (Å²) < 4.78 is 58.8. The number of nitrogens with zero attached hydrogens (tertiary/aromatic N) is 5. The van der Waals surface area contributed by atoms with Crippen molar-refractivity contribution in [3.63, 3.8) is 0 Å². The van der Waals surface area contributed by atoms with Gasteiger partial charge in [0.15, 0.2) is 9.84 Å². The summed E-state index contributed by atoms with van der Waals surface area (Å²) in [4.78, 5) is 13.2. The molecule has 0 radical (unpaired) electrons. The van der Waals surface area contributed by atoms with E-state index in [4.69, 9.17) is 4.74 Å². The number of rotatable bonds is 4. The largest absolute Gasteiger partial charge is 0.442 e. The monoisotopic (exact) mass is 411 g/mol. The third kappa shape index (κ3) is 3.59. The maximum absolute atomic E-state index is 14.6. The number of amides is 1. The number of sulfone groups is 1. The Kier molecular flexibility index (Phi) is 4.57. The van der Waals surface area contributed by atoms with E-state index >= 15 is 0 Å². The van der Waals surface area contributed by atoms with Crippen LogP contribution in [0.1, 0.15) is 12.0 Å². The van der Waals surface area contributed by atoms with E-state index in [2.05, 4.69) is 15.5 Å². The molecule has 2 aliphatic heterocycles. The van der Waals surface area contributed by atoms with Gasteiger partial charge in [-0.25, -0.2) is 26.7 Å². The highest BCUT2D eigenvalue weighted by Gasteiger charge is 2.34. The molecule has 1 aromatic carbocycles. The first kappa shape index (κ1) is 18.5. The van der Waals surface area contributed by atoms with E-state index in [1.165, 1.54) is 17.1 Å². The minimum absolute atomic E-state index is 0.0204. The molecule has 2 aromatic rings. The minimum Gasteiger partial charge on any atom is -0.442 e. The van der Waals surface area contributed by atoms with Gasteiger partial charge in [-0.2, -0.15) is 0 Å². The number of ether oxygens (including phenoxy) is 1. The molecular formula is C16H15F2N5O4S. The van der Waals surface area contributed by atoms with Gasteiger partial charge >= 0.3 is 6.09 Å². The lowest BCUT2D eigenvalue weighted by atomic mass is 10.0. The van der Waals surface area contributed by atoms with Crippen molar-refractivity contribution >= 4 is 27.2 Å². The maximum Gasteiger partial charge on any atom is 0.414 e. The lowest BCUT2D eigenvalue weighted by Gasteiger charge is -2.18. The van der Waals surface area contributed by atoms with Crippen LogP contribution < -0.4 is 4.90 Å². The number of hydrogen-bond acceptors (Lipinski definition) is 7. The second kappa shape index (κ2) is 6.93. The van der Waals surface area contributed by atoms with E-state index in [1.807, 2.05) is 0 Å². The smallest absolute Gasteiger partial charge is 0.414 e. The van der Waals surface area contributed by atoms with Crippen molar-refractivity contribution in [1.29, 1.82) is 0 Å². The molecule has 28 heavy (non-hydrogen) atoms. The highest BCUT2D eigenvalue weighted by Crippen LogP contribution is 2.32. The molecule has 0 saturated carbocycles. The van der Waals surface area contributed by atoms with Gasteiger partial charge in [-0.3, -0.25) is 4.90 Å². The van der Waals surface area contributed by atoms with Crippen molar-refractivity contribution in [2.75, 3.05) is 23.0 Å². The van der Waals surface area contributed by atoms with Crippen LogP contribution in [0.2, 0.25) is 0 Å². The molecule has 0 spiro atoms. The molecule has 2 aliphatic rings. The predicted molar refractivity (Wildman–Crippen MR) is 93.0 cm³/mol. The number of aromatic nitrogens is 4. The van der Waals surface area contributed by atoms with Crippen LogP contribution in [0.3, 0.4) is 0 Å². The van der Waals surface area contributed by atoms with E-state index in [0.717, 1.165) is 17.0 Å². The standard InChI is InChI=1S/C16H15F2N5O4S/c17-13-5-11(6-14(18)15(13)10-1-3-28(25,26)4-2-10)23-8-12(27-16(23)24)7-22-9-19-20-21-22/h1,5-6,9,12H,2-4,7-8H2/t12-/m0/s1. The number of benzene rings is 1. The Balaban J connectivity index is 1.56. The number of tetrazole rings is 1. The molecule has 0 aliphatic carbocycles. The molecule has 12 heteroatoms. The minimum atomic E-state index is -3.21. The summed E-state index contributed by atoms with van der Waals surface area (Å²) in [6.45, 7) is 0.289. The average molecular weight is 411 g/mol.